The number of ether oxygens (including phenoxy) is 2. The van der Waals surface area contributed by atoms with Gasteiger partial charge in [-0.15, -0.1) is 0 Å². The van der Waals surface area contributed by atoms with Crippen LogP contribution in [0.5, 0.6) is 11.5 Å². The zero-order valence-electron chi connectivity index (χ0n) is 14.6. The molecular formula is C19H29N3O2. The van der Waals surface area contributed by atoms with Gasteiger partial charge >= 0.3 is 0 Å². The topological polar surface area (TPSA) is 68.9 Å². The molecule has 2 aliphatic rings. The molecule has 0 spiro atoms. The van der Waals surface area contributed by atoms with Crippen LogP contribution in [-0.2, 0) is 0 Å². The van der Waals surface area contributed by atoms with Crippen LogP contribution in [0, 0.1) is 11.8 Å². The molecule has 0 radical (unpaired) electrons. The van der Waals surface area contributed by atoms with Crippen LogP contribution in [0.4, 0.5) is 5.69 Å². The first kappa shape index (κ1) is 16.9. The molecule has 1 aromatic rings. The fraction of sp³-hybridized carbons (Fsp3) is 0.632. The third-order valence-electron chi connectivity index (χ3n) is 4.88. The molecule has 2 unspecified atom stereocenters. The highest BCUT2D eigenvalue weighted by Gasteiger charge is 2.18. The number of nitrogens with one attached hydrogen (secondary N) is 1. The Bertz CT molecular complexity index is 574. The molecule has 0 amide bonds. The molecule has 5 nitrogen and oxygen atoms in total. The van der Waals surface area contributed by atoms with Gasteiger partial charge < -0.3 is 20.5 Å². The van der Waals surface area contributed by atoms with Gasteiger partial charge in [-0.25, -0.2) is 0 Å². The van der Waals surface area contributed by atoms with E-state index in [1.807, 2.05) is 18.2 Å². The zero-order valence-corrected chi connectivity index (χ0v) is 14.6. The van der Waals surface area contributed by atoms with Gasteiger partial charge in [0.25, 0.3) is 0 Å². The number of nitrogens with two attached hydrogens (primary N) is 1. The van der Waals surface area contributed by atoms with Crippen molar-refractivity contribution < 1.29 is 9.47 Å². The second kappa shape index (κ2) is 8.27. The number of fused-ring (bicyclic) bond motifs is 1. The molecule has 0 saturated heterocycles. The fourth-order valence-corrected chi connectivity index (χ4v) is 3.62. The quantitative estimate of drug-likeness (QED) is 0.650. The van der Waals surface area contributed by atoms with Crippen molar-refractivity contribution >= 4 is 11.6 Å². The van der Waals surface area contributed by atoms with Gasteiger partial charge in [0.15, 0.2) is 17.5 Å². The monoisotopic (exact) mass is 331 g/mol. The van der Waals surface area contributed by atoms with Crippen LogP contribution in [-0.4, -0.2) is 25.7 Å². The lowest BCUT2D eigenvalue weighted by Gasteiger charge is -2.26. The molecule has 1 fully saturated rings. The molecule has 0 aromatic heterocycles. The second-order valence-corrected chi connectivity index (χ2v) is 7.03. The summed E-state index contributed by atoms with van der Waals surface area (Å²) in [6.07, 6.45) is 7.46. The number of hydrogen-bond acceptors (Lipinski definition) is 3. The minimum atomic E-state index is 0.466. The summed E-state index contributed by atoms with van der Waals surface area (Å²) in [5, 5.41) is 3.15. The average molecular weight is 331 g/mol. The highest BCUT2D eigenvalue weighted by Crippen LogP contribution is 2.32. The summed E-state index contributed by atoms with van der Waals surface area (Å²) in [4.78, 5) is 4.48. The number of aliphatic imine (C=N–C) groups is 1. The third-order valence-corrected chi connectivity index (χ3v) is 4.88. The summed E-state index contributed by atoms with van der Waals surface area (Å²) in [5.41, 5.74) is 6.90. The summed E-state index contributed by atoms with van der Waals surface area (Å²) in [6, 6.07) is 5.78. The predicted octanol–water partition coefficient (Wildman–Crippen LogP) is 3.79. The Morgan fingerprint density at radius 1 is 1.21 bits per heavy atom. The van der Waals surface area contributed by atoms with Gasteiger partial charge in [0.05, 0.1) is 13.2 Å². The van der Waals surface area contributed by atoms with Gasteiger partial charge in [0.2, 0.25) is 0 Å². The number of rotatable bonds is 4. The molecule has 1 aliphatic carbocycles. The van der Waals surface area contributed by atoms with Crippen LogP contribution in [0.3, 0.4) is 0 Å². The van der Waals surface area contributed by atoms with Crippen molar-refractivity contribution in [1.29, 1.82) is 0 Å². The number of benzene rings is 1. The van der Waals surface area contributed by atoms with E-state index in [2.05, 4.69) is 17.2 Å². The lowest BCUT2D eigenvalue weighted by molar-refractivity contribution is 0.273. The summed E-state index contributed by atoms with van der Waals surface area (Å²) in [6.45, 7) is 4.53. The molecular weight excluding hydrogens is 302 g/mol. The van der Waals surface area contributed by atoms with E-state index in [-0.39, 0.29) is 0 Å². The molecule has 3 N–H and O–H groups in total. The van der Waals surface area contributed by atoms with Gasteiger partial charge in [-0.3, -0.25) is 4.99 Å². The largest absolute Gasteiger partial charge is 0.490 e. The van der Waals surface area contributed by atoms with Crippen LogP contribution in [0.1, 0.15) is 45.4 Å². The maximum Gasteiger partial charge on any atom is 0.193 e. The molecule has 132 valence electrons. The van der Waals surface area contributed by atoms with Gasteiger partial charge in [-0.2, -0.15) is 0 Å². The molecule has 1 aliphatic heterocycles. The second-order valence-electron chi connectivity index (χ2n) is 7.03. The smallest absolute Gasteiger partial charge is 0.193 e. The van der Waals surface area contributed by atoms with E-state index in [9.17, 15) is 0 Å². The normalized spacial score (nSPS) is 24.3. The van der Waals surface area contributed by atoms with E-state index in [0.29, 0.717) is 19.2 Å². The van der Waals surface area contributed by atoms with Crippen molar-refractivity contribution in [2.24, 2.45) is 22.6 Å². The Labute approximate surface area is 144 Å². The Balaban J connectivity index is 1.50. The molecule has 1 saturated carbocycles. The van der Waals surface area contributed by atoms with Crippen molar-refractivity contribution in [3.05, 3.63) is 18.2 Å². The molecule has 1 heterocycles. The molecule has 1 aromatic carbocycles. The fourth-order valence-electron chi connectivity index (χ4n) is 3.62. The molecule has 3 rings (SSSR count). The zero-order chi connectivity index (χ0) is 16.8. The van der Waals surface area contributed by atoms with E-state index in [1.165, 1.54) is 25.7 Å². The van der Waals surface area contributed by atoms with Gasteiger partial charge in [-0.05, 0) is 36.8 Å². The minimum absolute atomic E-state index is 0.466. The van der Waals surface area contributed by atoms with E-state index in [0.717, 1.165) is 48.4 Å². The molecule has 24 heavy (non-hydrogen) atoms. The first-order chi connectivity index (χ1) is 11.7. The standard InChI is InChI=1S/C19H29N3O2/c1-14-4-2-5-15(12-14)8-9-21-19(20)22-16-6-7-17-18(13-16)24-11-3-10-23-17/h6-7,13-15H,2-5,8-12H2,1H3,(H3,20,21,22). The highest BCUT2D eigenvalue weighted by molar-refractivity contribution is 5.92. The van der Waals surface area contributed by atoms with Crippen molar-refractivity contribution in [3.63, 3.8) is 0 Å². The van der Waals surface area contributed by atoms with Crippen molar-refractivity contribution in [3.8, 4) is 11.5 Å². The average Bonchev–Trinajstić information content (AvgIpc) is 2.80. The van der Waals surface area contributed by atoms with E-state index >= 15 is 0 Å². The molecule has 5 heteroatoms. The Morgan fingerprint density at radius 2 is 2.04 bits per heavy atom. The number of hydrogen-bond donors (Lipinski definition) is 2. The van der Waals surface area contributed by atoms with Gasteiger partial charge in [0, 0.05) is 24.7 Å². The first-order valence-corrected chi connectivity index (χ1v) is 9.17. The van der Waals surface area contributed by atoms with Crippen molar-refractivity contribution in [1.82, 2.24) is 0 Å². The maximum atomic E-state index is 6.02. The van der Waals surface area contributed by atoms with Crippen LogP contribution >= 0.6 is 0 Å². The third kappa shape index (κ3) is 4.79. The van der Waals surface area contributed by atoms with E-state index in [1.54, 1.807) is 0 Å². The lowest BCUT2D eigenvalue weighted by Crippen LogP contribution is -2.23. The first-order valence-electron chi connectivity index (χ1n) is 9.17. The number of anilines is 1. The summed E-state index contributed by atoms with van der Waals surface area (Å²) >= 11 is 0. The Kier molecular flexibility index (Phi) is 5.83. The lowest BCUT2D eigenvalue weighted by atomic mass is 9.81. The Morgan fingerprint density at radius 3 is 2.88 bits per heavy atom. The molecule has 0 bridgehead atoms. The highest BCUT2D eigenvalue weighted by atomic mass is 16.5. The van der Waals surface area contributed by atoms with E-state index < -0.39 is 0 Å². The van der Waals surface area contributed by atoms with Crippen LogP contribution in [0.25, 0.3) is 0 Å². The minimum Gasteiger partial charge on any atom is -0.490 e. The number of guanidine groups is 1. The van der Waals surface area contributed by atoms with Crippen LogP contribution in [0.15, 0.2) is 23.2 Å². The number of nitrogens with zero attached hydrogens (tertiary/aromatic N) is 1. The Hall–Kier alpha value is -1.91. The van der Waals surface area contributed by atoms with E-state index in [4.69, 9.17) is 15.2 Å². The summed E-state index contributed by atoms with van der Waals surface area (Å²) in [5.74, 6) is 3.70. The van der Waals surface area contributed by atoms with Gasteiger partial charge in [0.1, 0.15) is 0 Å². The van der Waals surface area contributed by atoms with Crippen molar-refractivity contribution in [2.45, 2.75) is 45.4 Å². The predicted molar refractivity (Wildman–Crippen MR) is 97.9 cm³/mol. The SMILES string of the molecule is CC1CCCC(CCN=C(N)Nc2ccc3c(c2)OCCCO3)C1. The van der Waals surface area contributed by atoms with Crippen LogP contribution in [0.2, 0.25) is 0 Å². The molecule has 2 atom stereocenters. The maximum absolute atomic E-state index is 6.02. The van der Waals surface area contributed by atoms with Crippen molar-refractivity contribution in [2.75, 3.05) is 25.1 Å². The van der Waals surface area contributed by atoms with Gasteiger partial charge in [-0.1, -0.05) is 26.2 Å². The summed E-state index contributed by atoms with van der Waals surface area (Å²) < 4.78 is 11.3. The van der Waals surface area contributed by atoms with Crippen LogP contribution < -0.4 is 20.5 Å². The summed E-state index contributed by atoms with van der Waals surface area (Å²) in [7, 11) is 0.